The molecule has 1 heterocycles. The lowest BCUT2D eigenvalue weighted by atomic mass is 10.1. The molecule has 5 nitrogen and oxygen atoms in total. The van der Waals surface area contributed by atoms with Crippen LogP contribution in [0.25, 0.3) is 0 Å². The number of aromatic carboxylic acids is 1. The maximum Gasteiger partial charge on any atom is 0.338 e. The third-order valence-electron chi connectivity index (χ3n) is 2.34. The van der Waals surface area contributed by atoms with Crippen LogP contribution in [0.4, 0.5) is 5.95 Å². The van der Waals surface area contributed by atoms with Crippen LogP contribution in [-0.2, 0) is 0 Å². The number of carboxylic acids is 1. The molecule has 1 aromatic rings. The van der Waals surface area contributed by atoms with Gasteiger partial charge in [-0.15, -0.1) is 0 Å². The van der Waals surface area contributed by atoms with Crippen molar-refractivity contribution in [2.75, 3.05) is 18.0 Å². The Morgan fingerprint density at radius 3 is 1.94 bits per heavy atom. The van der Waals surface area contributed by atoms with E-state index < -0.39 is 5.97 Å². The first-order chi connectivity index (χ1) is 8.40. The summed E-state index contributed by atoms with van der Waals surface area (Å²) >= 11 is 0. The van der Waals surface area contributed by atoms with Crippen LogP contribution in [0.2, 0.25) is 0 Å². The van der Waals surface area contributed by atoms with E-state index in [9.17, 15) is 4.79 Å². The van der Waals surface area contributed by atoms with Crippen molar-refractivity contribution < 1.29 is 9.90 Å². The summed E-state index contributed by atoms with van der Waals surface area (Å²) < 4.78 is 0. The Balaban J connectivity index is 2.87. The molecule has 0 saturated carbocycles. The zero-order chi connectivity index (χ0) is 13.7. The highest BCUT2D eigenvalue weighted by molar-refractivity contribution is 5.86. The van der Waals surface area contributed by atoms with Crippen molar-refractivity contribution in [3.05, 3.63) is 18.0 Å². The molecule has 1 N–H and O–H groups in total. The van der Waals surface area contributed by atoms with Gasteiger partial charge in [-0.25, -0.2) is 14.8 Å². The SMILES string of the molecule is CC(C)CN(CC(C)C)c1ncc(C(=O)O)cn1. The zero-order valence-electron chi connectivity index (χ0n) is 11.4. The van der Waals surface area contributed by atoms with Gasteiger partial charge in [0.05, 0.1) is 5.56 Å². The number of aromatic nitrogens is 2. The third kappa shape index (κ3) is 4.31. The summed E-state index contributed by atoms with van der Waals surface area (Å²) in [7, 11) is 0. The van der Waals surface area contributed by atoms with Crippen molar-refractivity contribution in [1.29, 1.82) is 0 Å². The molecule has 100 valence electrons. The summed E-state index contributed by atoms with van der Waals surface area (Å²) in [6.45, 7) is 10.3. The fraction of sp³-hybridized carbons (Fsp3) is 0.615. The van der Waals surface area contributed by atoms with E-state index >= 15 is 0 Å². The minimum atomic E-state index is -0.999. The average Bonchev–Trinajstić information content (AvgIpc) is 2.27. The largest absolute Gasteiger partial charge is 0.478 e. The number of anilines is 1. The molecule has 0 fully saturated rings. The van der Waals surface area contributed by atoms with Gasteiger partial charge in [0.2, 0.25) is 5.95 Å². The second-order valence-electron chi connectivity index (χ2n) is 5.27. The summed E-state index contributed by atoms with van der Waals surface area (Å²) in [4.78, 5) is 21.1. The fourth-order valence-electron chi connectivity index (χ4n) is 1.71. The molecule has 0 aliphatic carbocycles. The van der Waals surface area contributed by atoms with E-state index in [4.69, 9.17) is 5.11 Å². The number of nitrogens with zero attached hydrogens (tertiary/aromatic N) is 3. The van der Waals surface area contributed by atoms with Crippen LogP contribution < -0.4 is 4.90 Å². The van der Waals surface area contributed by atoms with Crippen LogP contribution >= 0.6 is 0 Å². The predicted molar refractivity (Wildman–Crippen MR) is 70.9 cm³/mol. The van der Waals surface area contributed by atoms with Gasteiger partial charge in [0.15, 0.2) is 0 Å². The van der Waals surface area contributed by atoms with Crippen molar-refractivity contribution in [1.82, 2.24) is 9.97 Å². The maximum absolute atomic E-state index is 10.7. The molecule has 0 atom stereocenters. The predicted octanol–water partition coefficient (Wildman–Crippen LogP) is 2.29. The highest BCUT2D eigenvalue weighted by Crippen LogP contribution is 2.12. The maximum atomic E-state index is 10.7. The minimum Gasteiger partial charge on any atom is -0.478 e. The molecule has 0 bridgehead atoms. The topological polar surface area (TPSA) is 66.3 Å². The van der Waals surface area contributed by atoms with Crippen LogP contribution in [0, 0.1) is 11.8 Å². The van der Waals surface area contributed by atoms with Crippen molar-refractivity contribution in [3.63, 3.8) is 0 Å². The van der Waals surface area contributed by atoms with Gasteiger partial charge >= 0.3 is 5.97 Å². The quantitative estimate of drug-likeness (QED) is 0.840. The Kier molecular flexibility index (Phi) is 5.07. The number of hydrogen-bond acceptors (Lipinski definition) is 4. The Morgan fingerprint density at radius 1 is 1.17 bits per heavy atom. The molecule has 0 spiro atoms. The Hall–Kier alpha value is -1.65. The molecule has 0 amide bonds. The number of carboxylic acid groups (broad SMARTS) is 1. The zero-order valence-corrected chi connectivity index (χ0v) is 11.4. The summed E-state index contributed by atoms with van der Waals surface area (Å²) in [5.41, 5.74) is 0.118. The van der Waals surface area contributed by atoms with Crippen LogP contribution in [-0.4, -0.2) is 34.1 Å². The van der Waals surface area contributed by atoms with E-state index in [0.717, 1.165) is 13.1 Å². The minimum absolute atomic E-state index is 0.118. The highest BCUT2D eigenvalue weighted by Gasteiger charge is 2.14. The number of carbonyl (C=O) groups is 1. The van der Waals surface area contributed by atoms with Crippen molar-refractivity contribution in [2.45, 2.75) is 27.7 Å². The van der Waals surface area contributed by atoms with Gasteiger partial charge in [-0.2, -0.15) is 0 Å². The van der Waals surface area contributed by atoms with E-state index in [1.54, 1.807) is 0 Å². The molecule has 0 aromatic carbocycles. The Morgan fingerprint density at radius 2 is 1.61 bits per heavy atom. The highest BCUT2D eigenvalue weighted by atomic mass is 16.4. The van der Waals surface area contributed by atoms with Gasteiger partial charge in [0, 0.05) is 25.5 Å². The van der Waals surface area contributed by atoms with Crippen LogP contribution in [0.3, 0.4) is 0 Å². The molecule has 0 unspecified atom stereocenters. The Bertz CT molecular complexity index is 378. The number of rotatable bonds is 6. The standard InChI is InChI=1S/C13H21N3O2/c1-9(2)7-16(8-10(3)4)13-14-5-11(6-15-13)12(17)18/h5-6,9-10H,7-8H2,1-4H3,(H,17,18). The van der Waals surface area contributed by atoms with Crippen LogP contribution in [0.15, 0.2) is 12.4 Å². The second kappa shape index (κ2) is 6.33. The van der Waals surface area contributed by atoms with E-state index in [1.807, 2.05) is 0 Å². The lowest BCUT2D eigenvalue weighted by molar-refractivity contribution is 0.0696. The van der Waals surface area contributed by atoms with E-state index in [2.05, 4.69) is 42.6 Å². The molecule has 1 rings (SSSR count). The molecular weight excluding hydrogens is 230 g/mol. The summed E-state index contributed by atoms with van der Waals surface area (Å²) in [6, 6.07) is 0. The lowest BCUT2D eigenvalue weighted by Gasteiger charge is -2.26. The molecule has 1 aromatic heterocycles. The summed E-state index contributed by atoms with van der Waals surface area (Å²) in [6.07, 6.45) is 2.72. The molecular formula is C13H21N3O2. The smallest absolute Gasteiger partial charge is 0.338 e. The molecule has 0 saturated heterocycles. The summed E-state index contributed by atoms with van der Waals surface area (Å²) in [5.74, 6) is 0.612. The van der Waals surface area contributed by atoms with Gasteiger partial charge in [-0.3, -0.25) is 0 Å². The number of hydrogen-bond donors (Lipinski definition) is 1. The van der Waals surface area contributed by atoms with Crippen molar-refractivity contribution in [2.24, 2.45) is 11.8 Å². The summed E-state index contributed by atoms with van der Waals surface area (Å²) in [5, 5.41) is 8.81. The van der Waals surface area contributed by atoms with Crippen LogP contribution in [0.1, 0.15) is 38.1 Å². The molecule has 0 radical (unpaired) electrons. The van der Waals surface area contributed by atoms with E-state index in [-0.39, 0.29) is 5.56 Å². The monoisotopic (exact) mass is 251 g/mol. The first kappa shape index (κ1) is 14.4. The van der Waals surface area contributed by atoms with Gasteiger partial charge in [-0.1, -0.05) is 27.7 Å². The van der Waals surface area contributed by atoms with Gasteiger partial charge in [0.25, 0.3) is 0 Å². The van der Waals surface area contributed by atoms with Crippen LogP contribution in [0.5, 0.6) is 0 Å². The van der Waals surface area contributed by atoms with E-state index in [1.165, 1.54) is 12.4 Å². The first-order valence-corrected chi connectivity index (χ1v) is 6.20. The Labute approximate surface area is 108 Å². The van der Waals surface area contributed by atoms with Gasteiger partial charge < -0.3 is 10.0 Å². The fourth-order valence-corrected chi connectivity index (χ4v) is 1.71. The first-order valence-electron chi connectivity index (χ1n) is 6.20. The van der Waals surface area contributed by atoms with Crippen molar-refractivity contribution >= 4 is 11.9 Å². The van der Waals surface area contributed by atoms with Gasteiger partial charge in [-0.05, 0) is 11.8 Å². The van der Waals surface area contributed by atoms with Crippen molar-refractivity contribution in [3.8, 4) is 0 Å². The van der Waals surface area contributed by atoms with Gasteiger partial charge in [0.1, 0.15) is 0 Å². The molecule has 18 heavy (non-hydrogen) atoms. The normalized spacial score (nSPS) is 11.0. The lowest BCUT2D eigenvalue weighted by Crippen LogP contribution is -2.32. The second-order valence-corrected chi connectivity index (χ2v) is 5.27. The molecule has 0 aliphatic rings. The van der Waals surface area contributed by atoms with E-state index in [0.29, 0.717) is 17.8 Å². The average molecular weight is 251 g/mol. The third-order valence-corrected chi connectivity index (χ3v) is 2.34. The molecule has 0 aliphatic heterocycles. The molecule has 5 heteroatoms.